The van der Waals surface area contributed by atoms with E-state index in [1.54, 1.807) is 6.07 Å². The number of carbonyl (C=O) groups is 1. The summed E-state index contributed by atoms with van der Waals surface area (Å²) < 4.78 is 34.1. The molecule has 212 valence electrons. The molecule has 10 nitrogen and oxygen atoms in total. The van der Waals surface area contributed by atoms with Gasteiger partial charge in [0.1, 0.15) is 6.61 Å². The molecule has 5 N–H and O–H groups in total. The van der Waals surface area contributed by atoms with Gasteiger partial charge in [0, 0.05) is 13.1 Å². The van der Waals surface area contributed by atoms with Gasteiger partial charge in [0.25, 0.3) is 0 Å². The number of H-pyrrole nitrogens is 1. The molecule has 11 heteroatoms. The number of carbonyl (C=O) groups excluding carboxylic acids is 1. The van der Waals surface area contributed by atoms with Crippen molar-refractivity contribution in [2.24, 2.45) is 5.92 Å². The number of sulfonamides is 1. The minimum atomic E-state index is -4.01. The highest BCUT2D eigenvalue weighted by Crippen LogP contribution is 2.23. The van der Waals surface area contributed by atoms with Gasteiger partial charge in [0.2, 0.25) is 10.0 Å². The number of benzene rings is 3. The van der Waals surface area contributed by atoms with Crippen molar-refractivity contribution in [3.63, 3.8) is 0 Å². The third-order valence-corrected chi connectivity index (χ3v) is 8.18. The number of amides is 1. The molecule has 0 radical (unpaired) electrons. The Hall–Kier alpha value is -3.93. The average molecular weight is 566 g/mol. The van der Waals surface area contributed by atoms with E-state index in [0.717, 1.165) is 11.1 Å². The predicted octanol–water partition coefficient (Wildman–Crippen LogP) is 3.69. The van der Waals surface area contributed by atoms with Gasteiger partial charge >= 0.3 is 6.09 Å². The first kappa shape index (κ1) is 29.1. The van der Waals surface area contributed by atoms with Gasteiger partial charge in [0.15, 0.2) is 5.95 Å². The standard InChI is InChI=1S/C29H35N5O5S/c1-20(2)17-34(40(37,38)23-13-14-24-25(16-23)32-28(30)31-24)18-27(35)26(15-21-9-5-3-6-10-21)33-29(36)39-19-22-11-7-4-8-12-22/h3-14,16,20,26-27,35H,15,17-19H2,1-2H3,(H,33,36)(H3,30,31,32). The summed E-state index contributed by atoms with van der Waals surface area (Å²) in [5, 5.41) is 14.1. The summed E-state index contributed by atoms with van der Waals surface area (Å²) in [5.74, 6) is 0.165. The van der Waals surface area contributed by atoms with E-state index in [0.29, 0.717) is 11.0 Å². The van der Waals surface area contributed by atoms with Crippen molar-refractivity contribution in [1.29, 1.82) is 0 Å². The molecule has 3 aromatic carbocycles. The second-order valence-electron chi connectivity index (χ2n) is 10.1. The number of nitrogen functional groups attached to an aromatic ring is 1. The monoisotopic (exact) mass is 565 g/mol. The number of fused-ring (bicyclic) bond motifs is 1. The van der Waals surface area contributed by atoms with Crippen molar-refractivity contribution in [2.45, 2.75) is 43.9 Å². The summed E-state index contributed by atoms with van der Waals surface area (Å²) in [5.41, 5.74) is 8.46. The zero-order chi connectivity index (χ0) is 28.7. The molecule has 1 amide bonds. The van der Waals surface area contributed by atoms with Crippen molar-refractivity contribution in [3.8, 4) is 0 Å². The molecule has 2 atom stereocenters. The molecule has 0 fully saturated rings. The number of aliphatic hydroxyl groups is 1. The van der Waals surface area contributed by atoms with Crippen LogP contribution in [0.3, 0.4) is 0 Å². The van der Waals surface area contributed by atoms with Crippen LogP contribution in [0.15, 0.2) is 83.8 Å². The number of alkyl carbamates (subject to hydrolysis) is 1. The minimum Gasteiger partial charge on any atom is -0.445 e. The highest BCUT2D eigenvalue weighted by molar-refractivity contribution is 7.89. The topological polar surface area (TPSA) is 151 Å². The lowest BCUT2D eigenvalue weighted by Gasteiger charge is -2.30. The van der Waals surface area contributed by atoms with Gasteiger partial charge in [-0.2, -0.15) is 4.31 Å². The summed E-state index contributed by atoms with van der Waals surface area (Å²) in [6, 6.07) is 22.3. The zero-order valence-electron chi connectivity index (χ0n) is 22.5. The second kappa shape index (κ2) is 12.9. The van der Waals surface area contributed by atoms with Crippen molar-refractivity contribution in [1.82, 2.24) is 19.6 Å². The van der Waals surface area contributed by atoms with Crippen LogP contribution in [-0.4, -0.2) is 59.1 Å². The van der Waals surface area contributed by atoms with Crippen LogP contribution in [0.4, 0.5) is 10.7 Å². The van der Waals surface area contributed by atoms with Gasteiger partial charge in [-0.25, -0.2) is 18.2 Å². The summed E-state index contributed by atoms with van der Waals surface area (Å²) in [6.45, 7) is 3.79. The molecule has 0 aliphatic carbocycles. The Kier molecular flexibility index (Phi) is 9.41. The number of hydrogen-bond acceptors (Lipinski definition) is 7. The molecule has 0 aliphatic rings. The zero-order valence-corrected chi connectivity index (χ0v) is 23.3. The summed E-state index contributed by atoms with van der Waals surface area (Å²) in [7, 11) is -4.01. The number of nitrogens with two attached hydrogens (primary N) is 1. The van der Waals surface area contributed by atoms with Gasteiger partial charge in [-0.1, -0.05) is 74.5 Å². The first-order chi connectivity index (χ1) is 19.1. The fourth-order valence-corrected chi connectivity index (χ4v) is 6.05. The summed E-state index contributed by atoms with van der Waals surface area (Å²) in [6.07, 6.45) is -1.66. The largest absolute Gasteiger partial charge is 0.445 e. The lowest BCUT2D eigenvalue weighted by atomic mass is 10.0. The van der Waals surface area contributed by atoms with Crippen molar-refractivity contribution < 1.29 is 23.1 Å². The van der Waals surface area contributed by atoms with Crippen LogP contribution in [0, 0.1) is 5.92 Å². The molecule has 0 spiro atoms. The molecule has 4 rings (SSSR count). The number of aliphatic hydroxyl groups excluding tert-OH is 1. The maximum Gasteiger partial charge on any atom is 0.407 e. The number of nitrogens with one attached hydrogen (secondary N) is 2. The molecule has 2 unspecified atom stereocenters. The average Bonchev–Trinajstić information content (AvgIpc) is 3.31. The molecular weight excluding hydrogens is 530 g/mol. The first-order valence-electron chi connectivity index (χ1n) is 13.1. The highest BCUT2D eigenvalue weighted by atomic mass is 32.2. The molecule has 0 bridgehead atoms. The van der Waals surface area contributed by atoms with E-state index in [1.165, 1.54) is 16.4 Å². The molecular formula is C29H35N5O5S. The van der Waals surface area contributed by atoms with E-state index >= 15 is 0 Å². The first-order valence-corrected chi connectivity index (χ1v) is 14.5. The normalized spacial score (nSPS) is 13.4. The van der Waals surface area contributed by atoms with Gasteiger partial charge < -0.3 is 25.9 Å². The van der Waals surface area contributed by atoms with Crippen LogP contribution < -0.4 is 11.1 Å². The Bertz CT molecular complexity index is 1510. The molecule has 4 aromatic rings. The van der Waals surface area contributed by atoms with Crippen LogP contribution in [0.25, 0.3) is 11.0 Å². The lowest BCUT2D eigenvalue weighted by molar-refractivity contribution is 0.0873. The number of ether oxygens (including phenoxy) is 1. The number of hydrogen-bond donors (Lipinski definition) is 4. The van der Waals surface area contributed by atoms with E-state index in [4.69, 9.17) is 10.5 Å². The fraction of sp³-hybridized carbons (Fsp3) is 0.310. The quantitative estimate of drug-likeness (QED) is 0.205. The SMILES string of the molecule is CC(C)CN(CC(O)C(Cc1ccccc1)NC(=O)OCc1ccccc1)S(=O)(=O)c1ccc2nc(N)[nH]c2c1. The number of anilines is 1. The molecule has 0 saturated heterocycles. The van der Waals surface area contributed by atoms with Crippen molar-refractivity contribution in [3.05, 3.63) is 90.0 Å². The van der Waals surface area contributed by atoms with Gasteiger partial charge in [-0.15, -0.1) is 0 Å². The molecule has 1 aromatic heterocycles. The smallest absolute Gasteiger partial charge is 0.407 e. The van der Waals surface area contributed by atoms with Crippen molar-refractivity contribution >= 4 is 33.1 Å². The maximum atomic E-state index is 13.8. The van der Waals surface area contributed by atoms with E-state index in [9.17, 15) is 18.3 Å². The number of aromatic nitrogens is 2. The molecule has 0 saturated carbocycles. The van der Waals surface area contributed by atoms with Crippen LogP contribution in [0.5, 0.6) is 0 Å². The van der Waals surface area contributed by atoms with E-state index in [2.05, 4.69) is 15.3 Å². The Balaban J connectivity index is 1.55. The summed E-state index contributed by atoms with van der Waals surface area (Å²) >= 11 is 0. The second-order valence-corrected chi connectivity index (χ2v) is 12.0. The lowest BCUT2D eigenvalue weighted by Crippen LogP contribution is -2.51. The van der Waals surface area contributed by atoms with E-state index in [1.807, 2.05) is 74.5 Å². The highest BCUT2D eigenvalue weighted by Gasteiger charge is 2.32. The van der Waals surface area contributed by atoms with Crippen molar-refractivity contribution in [2.75, 3.05) is 18.8 Å². The number of imidazole rings is 1. The van der Waals surface area contributed by atoms with E-state index < -0.39 is 28.3 Å². The number of nitrogens with zero attached hydrogens (tertiary/aromatic N) is 2. The Morgan fingerprint density at radius 1 is 1.02 bits per heavy atom. The molecule has 40 heavy (non-hydrogen) atoms. The van der Waals surface area contributed by atoms with Crippen LogP contribution in [0.1, 0.15) is 25.0 Å². The van der Waals surface area contributed by atoms with Gasteiger partial charge in [-0.05, 0) is 41.7 Å². The molecule has 1 heterocycles. The maximum absolute atomic E-state index is 13.8. The van der Waals surface area contributed by atoms with Gasteiger partial charge in [0.05, 0.1) is 28.1 Å². The molecule has 0 aliphatic heterocycles. The Labute approximate surface area is 234 Å². The van der Waals surface area contributed by atoms with Crippen LogP contribution in [-0.2, 0) is 27.8 Å². The third kappa shape index (κ3) is 7.59. The number of aromatic amines is 1. The fourth-order valence-electron chi connectivity index (χ4n) is 4.40. The Morgan fingerprint density at radius 3 is 2.33 bits per heavy atom. The van der Waals surface area contributed by atoms with Crippen LogP contribution >= 0.6 is 0 Å². The Morgan fingerprint density at radius 2 is 1.68 bits per heavy atom. The number of rotatable bonds is 12. The minimum absolute atomic E-state index is 0.0233. The third-order valence-electron chi connectivity index (χ3n) is 6.35. The summed E-state index contributed by atoms with van der Waals surface area (Å²) in [4.78, 5) is 19.8. The van der Waals surface area contributed by atoms with Crippen LogP contribution in [0.2, 0.25) is 0 Å². The van der Waals surface area contributed by atoms with Gasteiger partial charge in [-0.3, -0.25) is 0 Å². The van der Waals surface area contributed by atoms with E-state index in [-0.39, 0.29) is 42.9 Å². The predicted molar refractivity (Wildman–Crippen MR) is 154 cm³/mol.